The summed E-state index contributed by atoms with van der Waals surface area (Å²) < 4.78 is 49.8. The zero-order valence-corrected chi connectivity index (χ0v) is 20.7. The predicted molar refractivity (Wildman–Crippen MR) is 128 cm³/mol. The van der Waals surface area contributed by atoms with Crippen LogP contribution in [0.2, 0.25) is 0 Å². The molecule has 2 aliphatic rings. The number of hydrogen-bond acceptors (Lipinski definition) is 6. The van der Waals surface area contributed by atoms with Crippen molar-refractivity contribution in [3.63, 3.8) is 0 Å². The number of nitrogens with one attached hydrogen (secondary N) is 1. The molecule has 1 aliphatic carbocycles. The maximum absolute atomic E-state index is 14.5. The molecule has 2 amide bonds. The van der Waals surface area contributed by atoms with Crippen molar-refractivity contribution < 1.29 is 37.0 Å². The van der Waals surface area contributed by atoms with E-state index in [1.54, 1.807) is 25.1 Å². The van der Waals surface area contributed by atoms with Gasteiger partial charge < -0.3 is 19.5 Å². The summed E-state index contributed by atoms with van der Waals surface area (Å²) in [5.41, 5.74) is 0.251. The van der Waals surface area contributed by atoms with E-state index in [4.69, 9.17) is 14.6 Å². The summed E-state index contributed by atoms with van der Waals surface area (Å²) in [6, 6.07) is 6.05. The molecule has 2 aromatic rings. The highest BCUT2D eigenvalue weighted by atomic mass is 32.2. The average molecular weight is 509 g/mol. The average Bonchev–Trinajstić information content (AvgIpc) is 3.63. The fourth-order valence-electron chi connectivity index (χ4n) is 3.70. The number of fused-ring (bicyclic) bond motifs is 1. The van der Waals surface area contributed by atoms with Gasteiger partial charge >= 0.3 is 6.09 Å². The van der Waals surface area contributed by atoms with E-state index in [1.807, 2.05) is 0 Å². The Morgan fingerprint density at radius 1 is 1.20 bits per heavy atom. The summed E-state index contributed by atoms with van der Waals surface area (Å²) in [4.78, 5) is 25.6. The number of carbonyl (C=O) groups is 2. The molecule has 1 aliphatic heterocycles. The van der Waals surface area contributed by atoms with Crippen LogP contribution < -0.4 is 14.8 Å². The van der Waals surface area contributed by atoms with Crippen molar-refractivity contribution in [3.8, 4) is 11.5 Å². The number of halogens is 1. The van der Waals surface area contributed by atoms with E-state index in [9.17, 15) is 22.4 Å². The number of carboxylic acid groups (broad SMARTS) is 1. The minimum absolute atomic E-state index is 0.00158. The lowest BCUT2D eigenvalue weighted by Gasteiger charge is -2.28. The summed E-state index contributed by atoms with van der Waals surface area (Å²) >= 11 is 0. The largest absolute Gasteiger partial charge is 0.493 e. The second-order valence-corrected chi connectivity index (χ2v) is 10.5. The van der Waals surface area contributed by atoms with Gasteiger partial charge in [0.25, 0.3) is 5.91 Å². The number of benzene rings is 2. The van der Waals surface area contributed by atoms with Crippen molar-refractivity contribution in [2.75, 3.05) is 31.0 Å². The molecule has 1 fully saturated rings. The van der Waals surface area contributed by atoms with Crippen LogP contribution in [-0.4, -0.2) is 56.1 Å². The Labute approximate surface area is 203 Å². The monoisotopic (exact) mass is 508 g/mol. The van der Waals surface area contributed by atoms with Gasteiger partial charge in [-0.3, -0.25) is 10.1 Å². The summed E-state index contributed by atoms with van der Waals surface area (Å²) in [6.07, 6.45) is 4.13. The fourth-order valence-corrected chi connectivity index (χ4v) is 4.65. The zero-order chi connectivity index (χ0) is 25.8. The molecule has 9 nitrogen and oxygen atoms in total. The van der Waals surface area contributed by atoms with Crippen LogP contribution in [0.5, 0.6) is 11.5 Å². The Bertz CT molecular complexity index is 1210. The molecule has 0 saturated heterocycles. The fraction of sp³-hybridized carbons (Fsp3) is 0.417. The molecule has 0 radical (unpaired) electrons. The molecule has 1 saturated carbocycles. The van der Waals surface area contributed by atoms with Gasteiger partial charge in [-0.1, -0.05) is 25.3 Å². The van der Waals surface area contributed by atoms with Gasteiger partial charge in [0, 0.05) is 11.8 Å². The third-order valence-corrected chi connectivity index (χ3v) is 6.28. The van der Waals surface area contributed by atoms with E-state index in [0.29, 0.717) is 23.7 Å². The number of sulfone groups is 1. The first-order valence-electron chi connectivity index (χ1n) is 11.2. The molecule has 0 spiro atoms. The smallest absolute Gasteiger partial charge is 0.409 e. The van der Waals surface area contributed by atoms with Crippen molar-refractivity contribution in [1.29, 1.82) is 0 Å². The molecule has 1 heterocycles. The van der Waals surface area contributed by atoms with Crippen LogP contribution in [0.15, 0.2) is 30.3 Å². The van der Waals surface area contributed by atoms with Crippen LogP contribution in [0.4, 0.5) is 14.9 Å². The Kier molecular flexibility index (Phi) is 8.21. The van der Waals surface area contributed by atoms with Crippen LogP contribution in [-0.2, 0) is 16.4 Å². The van der Waals surface area contributed by atoms with Gasteiger partial charge in [0.15, 0.2) is 11.5 Å². The second-order valence-electron chi connectivity index (χ2n) is 8.32. The third-order valence-electron chi connectivity index (χ3n) is 5.36. The van der Waals surface area contributed by atoms with Gasteiger partial charge in [-0.2, -0.15) is 0 Å². The maximum Gasteiger partial charge on any atom is 0.409 e. The number of methoxy groups -OCH3 is 1. The predicted octanol–water partition coefficient (Wildman–Crippen LogP) is 4.23. The number of hydrogen-bond donors (Lipinski definition) is 2. The molecule has 1 atom stereocenters. The zero-order valence-electron chi connectivity index (χ0n) is 19.8. The standard InChI is InChI=1S/C21H23FN2O7S.C3H6/c1-4-31-18-9-12(5-8-17(18)30-2)16(11-32(3,28)29)24-10-13-14(22)6-7-15(23-21(26)27)19(13)20(24)25;1-2-3-1/h5-9,16,23H,4,10-11H2,1-3H3,(H,26,27);1-3H2/t16-;/m1./s1. The van der Waals surface area contributed by atoms with E-state index >= 15 is 0 Å². The van der Waals surface area contributed by atoms with Crippen LogP contribution in [0.25, 0.3) is 0 Å². The van der Waals surface area contributed by atoms with Crippen molar-refractivity contribution in [2.45, 2.75) is 38.8 Å². The number of carbonyl (C=O) groups excluding carboxylic acids is 1. The lowest BCUT2D eigenvalue weighted by atomic mass is 10.1. The quantitative estimate of drug-likeness (QED) is 0.547. The Balaban J connectivity index is 0.00000106. The van der Waals surface area contributed by atoms with Gasteiger partial charge in [0.1, 0.15) is 15.7 Å². The molecule has 0 aromatic heterocycles. The molecular weight excluding hydrogens is 479 g/mol. The van der Waals surface area contributed by atoms with Crippen molar-refractivity contribution in [2.24, 2.45) is 0 Å². The molecule has 0 unspecified atom stereocenters. The first kappa shape index (κ1) is 26.3. The SMILES string of the molecule is C1CC1.CCOc1cc([C@@H](CS(C)(=O)=O)N2Cc3c(F)ccc(NC(=O)O)c3C2=O)ccc1OC. The van der Waals surface area contributed by atoms with E-state index in [0.717, 1.165) is 18.4 Å². The highest BCUT2D eigenvalue weighted by Crippen LogP contribution is 2.39. The third kappa shape index (κ3) is 6.62. The minimum Gasteiger partial charge on any atom is -0.493 e. The van der Waals surface area contributed by atoms with Gasteiger partial charge in [-0.15, -0.1) is 0 Å². The van der Waals surface area contributed by atoms with E-state index in [1.165, 1.54) is 31.3 Å². The summed E-state index contributed by atoms with van der Waals surface area (Å²) in [5, 5.41) is 11.2. The Morgan fingerprint density at radius 2 is 1.89 bits per heavy atom. The van der Waals surface area contributed by atoms with Crippen LogP contribution in [0.1, 0.15) is 53.7 Å². The van der Waals surface area contributed by atoms with Crippen LogP contribution in [0, 0.1) is 5.82 Å². The van der Waals surface area contributed by atoms with E-state index in [2.05, 4.69) is 5.32 Å². The van der Waals surface area contributed by atoms with Gasteiger partial charge in [0.2, 0.25) is 0 Å². The van der Waals surface area contributed by atoms with Crippen molar-refractivity contribution >= 4 is 27.5 Å². The number of ether oxygens (including phenoxy) is 2. The number of amides is 2. The molecule has 4 rings (SSSR count). The van der Waals surface area contributed by atoms with Gasteiger partial charge in [0.05, 0.1) is 43.3 Å². The minimum atomic E-state index is -3.57. The lowest BCUT2D eigenvalue weighted by molar-refractivity contribution is 0.0718. The normalized spacial score (nSPS) is 15.0. The van der Waals surface area contributed by atoms with Gasteiger partial charge in [-0.25, -0.2) is 17.6 Å². The number of nitrogens with zero attached hydrogens (tertiary/aromatic N) is 1. The number of anilines is 1. The molecular formula is C24H29FN2O7S. The summed E-state index contributed by atoms with van der Waals surface area (Å²) in [7, 11) is -2.10. The highest BCUT2D eigenvalue weighted by molar-refractivity contribution is 7.90. The van der Waals surface area contributed by atoms with E-state index < -0.39 is 39.4 Å². The Hall–Kier alpha value is -3.34. The molecule has 35 heavy (non-hydrogen) atoms. The Morgan fingerprint density at radius 3 is 2.43 bits per heavy atom. The highest BCUT2D eigenvalue weighted by Gasteiger charge is 2.39. The van der Waals surface area contributed by atoms with Crippen LogP contribution >= 0.6 is 0 Å². The topological polar surface area (TPSA) is 122 Å². The molecule has 2 N–H and O–H groups in total. The first-order valence-corrected chi connectivity index (χ1v) is 13.2. The lowest BCUT2D eigenvalue weighted by Crippen LogP contribution is -2.34. The first-order chi connectivity index (χ1) is 16.6. The molecule has 0 bridgehead atoms. The molecule has 11 heteroatoms. The summed E-state index contributed by atoms with van der Waals surface area (Å²) in [5.74, 6) is -0.980. The van der Waals surface area contributed by atoms with Crippen molar-refractivity contribution in [3.05, 3.63) is 52.8 Å². The van der Waals surface area contributed by atoms with E-state index in [-0.39, 0.29) is 23.4 Å². The van der Waals surface area contributed by atoms with Gasteiger partial charge in [-0.05, 0) is 36.8 Å². The van der Waals surface area contributed by atoms with Crippen LogP contribution in [0.3, 0.4) is 0 Å². The second kappa shape index (κ2) is 10.9. The van der Waals surface area contributed by atoms with Crippen molar-refractivity contribution in [1.82, 2.24) is 4.90 Å². The number of rotatable bonds is 8. The maximum atomic E-state index is 14.5. The molecule has 2 aromatic carbocycles. The molecule has 190 valence electrons. The summed E-state index contributed by atoms with van der Waals surface area (Å²) in [6.45, 7) is 1.89.